The van der Waals surface area contributed by atoms with Gasteiger partial charge in [-0.15, -0.1) is 0 Å². The van der Waals surface area contributed by atoms with Crippen LogP contribution in [0, 0.1) is 0 Å². The van der Waals surface area contributed by atoms with Crippen LogP contribution in [0.15, 0.2) is 36.4 Å². The molecule has 1 unspecified atom stereocenters. The lowest BCUT2D eigenvalue weighted by molar-refractivity contribution is -0.141. The predicted molar refractivity (Wildman–Crippen MR) is 106 cm³/mol. The summed E-state index contributed by atoms with van der Waals surface area (Å²) in [5.41, 5.74) is 0.970. The van der Waals surface area contributed by atoms with E-state index >= 15 is 0 Å². The van der Waals surface area contributed by atoms with Crippen LogP contribution in [0.25, 0.3) is 0 Å². The van der Waals surface area contributed by atoms with E-state index in [4.69, 9.17) is 23.7 Å². The van der Waals surface area contributed by atoms with Gasteiger partial charge in [-0.3, -0.25) is 9.59 Å². The molecule has 0 saturated carbocycles. The summed E-state index contributed by atoms with van der Waals surface area (Å²) < 4.78 is 25.8. The Labute approximate surface area is 169 Å². The number of carbonyl (C=O) groups is 2. The number of hydrogen-bond acceptors (Lipinski definition) is 7. The molecule has 0 aliphatic heterocycles. The zero-order valence-corrected chi connectivity index (χ0v) is 17.1. The molecule has 1 N–H and O–H groups in total. The summed E-state index contributed by atoms with van der Waals surface area (Å²) in [4.78, 5) is 24.8. The van der Waals surface area contributed by atoms with Crippen LogP contribution in [0.1, 0.15) is 28.4 Å². The maximum Gasteiger partial charge on any atom is 0.307 e. The number of esters is 1. The van der Waals surface area contributed by atoms with Crippen molar-refractivity contribution < 1.29 is 33.3 Å². The Bertz CT molecular complexity index is 866. The second-order valence-electron chi connectivity index (χ2n) is 5.99. The molecule has 156 valence electrons. The van der Waals surface area contributed by atoms with Crippen molar-refractivity contribution in [3.05, 3.63) is 47.5 Å². The minimum atomic E-state index is -0.651. The average Bonchev–Trinajstić information content (AvgIpc) is 2.77. The van der Waals surface area contributed by atoms with E-state index in [9.17, 15) is 9.59 Å². The van der Waals surface area contributed by atoms with Crippen LogP contribution in [0.2, 0.25) is 0 Å². The van der Waals surface area contributed by atoms with Crippen molar-refractivity contribution in [2.45, 2.75) is 12.5 Å². The lowest BCUT2D eigenvalue weighted by Crippen LogP contribution is -2.30. The highest BCUT2D eigenvalue weighted by Crippen LogP contribution is 2.32. The van der Waals surface area contributed by atoms with E-state index in [1.165, 1.54) is 35.5 Å². The molecule has 0 saturated heterocycles. The molecule has 0 spiro atoms. The third-order valence-corrected chi connectivity index (χ3v) is 4.37. The Morgan fingerprint density at radius 2 is 1.52 bits per heavy atom. The molecular formula is C21H25NO7. The molecule has 2 rings (SSSR count). The highest BCUT2D eigenvalue weighted by molar-refractivity contribution is 5.97. The molecule has 8 nitrogen and oxygen atoms in total. The van der Waals surface area contributed by atoms with E-state index < -0.39 is 17.9 Å². The Kier molecular flexibility index (Phi) is 7.70. The van der Waals surface area contributed by atoms with Crippen LogP contribution in [0.5, 0.6) is 23.0 Å². The Morgan fingerprint density at radius 3 is 2.10 bits per heavy atom. The summed E-state index contributed by atoms with van der Waals surface area (Å²) in [6, 6.07) is 9.37. The highest BCUT2D eigenvalue weighted by atomic mass is 16.5. The molecule has 1 atom stereocenters. The molecule has 1 amide bonds. The molecule has 0 radical (unpaired) electrons. The van der Waals surface area contributed by atoms with Crippen molar-refractivity contribution in [2.24, 2.45) is 0 Å². The smallest absolute Gasteiger partial charge is 0.307 e. The van der Waals surface area contributed by atoms with Crippen LogP contribution in [-0.2, 0) is 9.53 Å². The van der Waals surface area contributed by atoms with E-state index in [1.807, 2.05) is 0 Å². The molecule has 0 aliphatic rings. The van der Waals surface area contributed by atoms with Crippen molar-refractivity contribution in [3.8, 4) is 23.0 Å². The lowest BCUT2D eigenvalue weighted by atomic mass is 10.0. The van der Waals surface area contributed by atoms with Crippen molar-refractivity contribution in [1.82, 2.24) is 5.32 Å². The lowest BCUT2D eigenvalue weighted by Gasteiger charge is -2.20. The number of nitrogens with one attached hydrogen (secondary N) is 1. The molecule has 29 heavy (non-hydrogen) atoms. The van der Waals surface area contributed by atoms with Crippen molar-refractivity contribution in [3.63, 3.8) is 0 Å². The third kappa shape index (κ3) is 5.31. The minimum Gasteiger partial charge on any atom is -0.497 e. The van der Waals surface area contributed by atoms with Gasteiger partial charge in [0.05, 0.1) is 53.6 Å². The highest BCUT2D eigenvalue weighted by Gasteiger charge is 2.23. The average molecular weight is 403 g/mol. The fourth-order valence-electron chi connectivity index (χ4n) is 2.79. The Morgan fingerprint density at radius 1 is 0.828 bits per heavy atom. The van der Waals surface area contributed by atoms with Crippen LogP contribution >= 0.6 is 0 Å². The van der Waals surface area contributed by atoms with Gasteiger partial charge in [0.1, 0.15) is 11.5 Å². The fourth-order valence-corrected chi connectivity index (χ4v) is 2.79. The normalized spacial score (nSPS) is 11.2. The Balaban J connectivity index is 2.36. The zero-order valence-electron chi connectivity index (χ0n) is 17.1. The maximum atomic E-state index is 12.9. The first-order chi connectivity index (χ1) is 14.0. The van der Waals surface area contributed by atoms with Gasteiger partial charge < -0.3 is 29.0 Å². The zero-order chi connectivity index (χ0) is 21.4. The number of rotatable bonds is 9. The van der Waals surface area contributed by atoms with E-state index in [-0.39, 0.29) is 6.42 Å². The number of methoxy groups -OCH3 is 5. The third-order valence-electron chi connectivity index (χ3n) is 4.37. The van der Waals surface area contributed by atoms with Crippen LogP contribution in [-0.4, -0.2) is 47.4 Å². The Hall–Kier alpha value is -3.42. The van der Waals surface area contributed by atoms with Gasteiger partial charge in [-0.2, -0.15) is 0 Å². The molecule has 0 aromatic heterocycles. The fraction of sp³-hybridized carbons (Fsp3) is 0.333. The molecule has 2 aromatic rings. The molecular weight excluding hydrogens is 378 g/mol. The summed E-state index contributed by atoms with van der Waals surface area (Å²) >= 11 is 0. The molecule has 8 heteroatoms. The summed E-state index contributed by atoms with van der Waals surface area (Å²) in [7, 11) is 7.32. The van der Waals surface area contributed by atoms with Crippen molar-refractivity contribution in [1.29, 1.82) is 0 Å². The van der Waals surface area contributed by atoms with Gasteiger partial charge in [0.25, 0.3) is 5.91 Å². The summed E-state index contributed by atoms with van der Waals surface area (Å²) in [6.07, 6.45) is -0.0593. The predicted octanol–water partition coefficient (Wildman–Crippen LogP) is 2.76. The van der Waals surface area contributed by atoms with E-state index in [2.05, 4.69) is 5.32 Å². The SMILES string of the molecule is COC(=O)CC(NC(=O)c1ccc(OC)cc1OC)c1ccc(OC)c(OC)c1. The largest absolute Gasteiger partial charge is 0.497 e. The van der Waals surface area contributed by atoms with E-state index in [0.717, 1.165) is 0 Å². The van der Waals surface area contributed by atoms with Gasteiger partial charge in [-0.25, -0.2) is 0 Å². The summed E-state index contributed by atoms with van der Waals surface area (Å²) in [5.74, 6) is 1.06. The van der Waals surface area contributed by atoms with E-state index in [1.54, 1.807) is 36.4 Å². The molecule has 0 aliphatic carbocycles. The van der Waals surface area contributed by atoms with Gasteiger partial charge in [-0.1, -0.05) is 6.07 Å². The van der Waals surface area contributed by atoms with Crippen LogP contribution < -0.4 is 24.3 Å². The molecule has 0 fully saturated rings. The number of carbonyl (C=O) groups excluding carboxylic acids is 2. The number of benzene rings is 2. The molecule has 2 aromatic carbocycles. The second kappa shape index (κ2) is 10.2. The monoisotopic (exact) mass is 403 g/mol. The first kappa shape index (κ1) is 21.9. The standard InChI is InChI=1S/C21H25NO7/c1-25-14-7-8-15(18(11-14)27-3)21(24)22-16(12-20(23)29-5)13-6-9-17(26-2)19(10-13)28-4/h6-11,16H,12H2,1-5H3,(H,22,24). The maximum absolute atomic E-state index is 12.9. The minimum absolute atomic E-state index is 0.0593. The first-order valence-corrected chi connectivity index (χ1v) is 8.79. The topological polar surface area (TPSA) is 92.3 Å². The van der Waals surface area contributed by atoms with Crippen LogP contribution in [0.4, 0.5) is 0 Å². The van der Waals surface area contributed by atoms with Crippen molar-refractivity contribution >= 4 is 11.9 Å². The summed E-state index contributed by atoms with van der Waals surface area (Å²) in [6.45, 7) is 0. The number of hydrogen-bond donors (Lipinski definition) is 1. The van der Waals surface area contributed by atoms with Gasteiger partial charge in [-0.05, 0) is 29.8 Å². The molecule has 0 heterocycles. The number of amides is 1. The quantitative estimate of drug-likeness (QED) is 0.644. The number of ether oxygens (including phenoxy) is 5. The van der Waals surface area contributed by atoms with Gasteiger partial charge in [0, 0.05) is 6.07 Å². The van der Waals surface area contributed by atoms with Gasteiger partial charge in [0.15, 0.2) is 11.5 Å². The van der Waals surface area contributed by atoms with Crippen LogP contribution in [0.3, 0.4) is 0 Å². The van der Waals surface area contributed by atoms with Crippen molar-refractivity contribution in [2.75, 3.05) is 35.5 Å². The first-order valence-electron chi connectivity index (χ1n) is 8.79. The van der Waals surface area contributed by atoms with E-state index in [0.29, 0.717) is 34.1 Å². The summed E-state index contributed by atoms with van der Waals surface area (Å²) in [5, 5.41) is 2.86. The molecule has 0 bridgehead atoms. The van der Waals surface area contributed by atoms with Gasteiger partial charge >= 0.3 is 5.97 Å². The van der Waals surface area contributed by atoms with Gasteiger partial charge in [0.2, 0.25) is 0 Å². The second-order valence-corrected chi connectivity index (χ2v) is 5.99.